The summed E-state index contributed by atoms with van der Waals surface area (Å²) in [6.45, 7) is 4.90. The zero-order valence-electron chi connectivity index (χ0n) is 13.4. The molecule has 3 aliphatic rings. The number of rotatable bonds is 2. The molecule has 1 spiro atoms. The Morgan fingerprint density at radius 2 is 1.65 bits per heavy atom. The second-order valence-corrected chi connectivity index (χ2v) is 9.81. The molecule has 4 atom stereocenters. The molecule has 0 N–H and O–H groups in total. The molecule has 23 heavy (non-hydrogen) atoms. The third-order valence-corrected chi connectivity index (χ3v) is 8.82. The fraction of sp³-hybridized carbons (Fsp3) is 0.556. The van der Waals surface area contributed by atoms with Crippen molar-refractivity contribution in [3.63, 3.8) is 0 Å². The molecular weight excluding hydrogens is 318 g/mol. The second-order valence-electron chi connectivity index (χ2n) is 7.74. The number of sulfone groups is 1. The molecule has 0 aromatic heterocycles. The highest BCUT2D eigenvalue weighted by atomic mass is 32.2. The molecule has 0 amide bonds. The van der Waals surface area contributed by atoms with Gasteiger partial charge in [0.15, 0.2) is 9.84 Å². The summed E-state index contributed by atoms with van der Waals surface area (Å²) < 4.78 is 56.0. The van der Waals surface area contributed by atoms with E-state index in [1.54, 1.807) is 24.3 Å². The lowest BCUT2D eigenvalue weighted by atomic mass is 9.82. The van der Waals surface area contributed by atoms with Crippen LogP contribution in [0.5, 0.6) is 0 Å². The molecule has 5 heteroatoms. The predicted molar refractivity (Wildman–Crippen MR) is 84.1 cm³/mol. The molecule has 124 valence electrons. The van der Waals surface area contributed by atoms with E-state index in [2.05, 4.69) is 0 Å². The Labute approximate surface area is 135 Å². The number of hydrogen-bond donors (Lipinski definition) is 0. The maximum atomic E-state index is 14.8. The van der Waals surface area contributed by atoms with Gasteiger partial charge in [0, 0.05) is 5.41 Å². The zero-order chi connectivity index (χ0) is 16.8. The molecule has 0 heterocycles. The molecule has 2 saturated carbocycles. The molecule has 3 aliphatic carbocycles. The molecule has 0 unspecified atom stereocenters. The number of benzene rings is 1. The topological polar surface area (TPSA) is 34.1 Å². The molecule has 4 rings (SSSR count). The molecule has 0 aliphatic heterocycles. The lowest BCUT2D eigenvalue weighted by Crippen LogP contribution is -2.39. The van der Waals surface area contributed by atoms with E-state index in [0.717, 1.165) is 5.56 Å². The van der Waals surface area contributed by atoms with Crippen molar-refractivity contribution in [1.82, 2.24) is 0 Å². The van der Waals surface area contributed by atoms with Crippen LogP contribution >= 0.6 is 0 Å². The summed E-state index contributed by atoms with van der Waals surface area (Å²) >= 11 is 0. The summed E-state index contributed by atoms with van der Waals surface area (Å²) in [5.74, 6) is -3.60. The molecule has 2 bridgehead atoms. The first-order valence-corrected chi connectivity index (χ1v) is 9.50. The maximum Gasteiger partial charge on any atom is 0.262 e. The minimum absolute atomic E-state index is 0.159. The van der Waals surface area contributed by atoms with Gasteiger partial charge in [-0.2, -0.15) is 0 Å². The van der Waals surface area contributed by atoms with Crippen LogP contribution in [0.4, 0.5) is 8.78 Å². The third-order valence-electron chi connectivity index (χ3n) is 6.50. The number of hydrogen-bond acceptors (Lipinski definition) is 2. The highest BCUT2D eigenvalue weighted by molar-refractivity contribution is 7.92. The van der Waals surface area contributed by atoms with Gasteiger partial charge in [-0.1, -0.05) is 43.7 Å². The SMILES string of the molecule is Cc1ccc(S(=O)(=O)[C@@H]2[C@@H]3C=C[C@@H](C3)[C@]23C(C)(C)C3(F)F)cc1. The van der Waals surface area contributed by atoms with E-state index < -0.39 is 31.8 Å². The van der Waals surface area contributed by atoms with Gasteiger partial charge in [-0.3, -0.25) is 0 Å². The van der Waals surface area contributed by atoms with Gasteiger partial charge >= 0.3 is 0 Å². The molecule has 1 aromatic rings. The van der Waals surface area contributed by atoms with E-state index in [-0.39, 0.29) is 16.7 Å². The quantitative estimate of drug-likeness (QED) is 0.764. The van der Waals surface area contributed by atoms with Crippen LogP contribution in [0, 0.1) is 29.6 Å². The maximum absolute atomic E-state index is 14.8. The van der Waals surface area contributed by atoms with Crippen molar-refractivity contribution in [3.05, 3.63) is 42.0 Å². The largest absolute Gasteiger partial charge is 0.262 e. The Bertz CT molecular complexity index is 792. The molecular formula is C18H20F2O2S. The standard InChI is InChI=1S/C18H20F2O2S/c1-11-4-8-14(9-5-11)23(21,22)15-12-6-7-13(10-12)17(15)16(2,3)18(17,19)20/h4-9,12-13,15H,10H2,1-3H3/t12-,13+,15-,17-/m1/s1. The van der Waals surface area contributed by atoms with Crippen molar-refractivity contribution in [2.24, 2.45) is 22.7 Å². The molecule has 1 aromatic carbocycles. The number of aryl methyl sites for hydroxylation is 1. The highest BCUT2D eigenvalue weighted by Crippen LogP contribution is 2.85. The van der Waals surface area contributed by atoms with Gasteiger partial charge in [0.1, 0.15) is 0 Å². The smallest absolute Gasteiger partial charge is 0.223 e. The van der Waals surface area contributed by atoms with Crippen LogP contribution in [0.1, 0.15) is 25.8 Å². The highest BCUT2D eigenvalue weighted by Gasteiger charge is 2.94. The Kier molecular flexibility index (Phi) is 2.70. The van der Waals surface area contributed by atoms with Crippen molar-refractivity contribution >= 4 is 9.84 Å². The van der Waals surface area contributed by atoms with Crippen LogP contribution in [-0.2, 0) is 9.84 Å². The Morgan fingerprint density at radius 3 is 2.17 bits per heavy atom. The van der Waals surface area contributed by atoms with Crippen LogP contribution in [-0.4, -0.2) is 19.6 Å². The summed E-state index contributed by atoms with van der Waals surface area (Å²) in [5, 5.41) is -1.03. The first kappa shape index (κ1) is 15.3. The Balaban J connectivity index is 1.88. The first-order chi connectivity index (χ1) is 10.6. The summed E-state index contributed by atoms with van der Waals surface area (Å²) in [6.07, 6.45) is 4.17. The van der Waals surface area contributed by atoms with Crippen LogP contribution in [0.25, 0.3) is 0 Å². The van der Waals surface area contributed by atoms with Crippen molar-refractivity contribution < 1.29 is 17.2 Å². The predicted octanol–water partition coefficient (Wildman–Crippen LogP) is 4.00. The van der Waals surface area contributed by atoms with Crippen molar-refractivity contribution in [3.8, 4) is 0 Å². The normalized spacial score (nSPS) is 39.1. The molecule has 2 fully saturated rings. The van der Waals surface area contributed by atoms with Gasteiger partial charge in [0.05, 0.1) is 15.6 Å². The minimum Gasteiger partial charge on any atom is -0.223 e. The van der Waals surface area contributed by atoms with Crippen LogP contribution < -0.4 is 0 Å². The molecule has 0 saturated heterocycles. The van der Waals surface area contributed by atoms with Gasteiger partial charge < -0.3 is 0 Å². The summed E-state index contributed by atoms with van der Waals surface area (Å²) in [4.78, 5) is 0.159. The monoisotopic (exact) mass is 338 g/mol. The van der Waals surface area contributed by atoms with E-state index in [9.17, 15) is 17.2 Å². The number of allylic oxidation sites excluding steroid dienone is 2. The minimum atomic E-state index is -3.80. The lowest BCUT2D eigenvalue weighted by Gasteiger charge is -2.30. The third kappa shape index (κ3) is 1.46. The summed E-state index contributed by atoms with van der Waals surface area (Å²) in [6, 6.07) is 6.53. The van der Waals surface area contributed by atoms with Crippen LogP contribution in [0.3, 0.4) is 0 Å². The number of fused-ring (bicyclic) bond motifs is 3. The Morgan fingerprint density at radius 1 is 1.09 bits per heavy atom. The lowest BCUT2D eigenvalue weighted by molar-refractivity contribution is 0.0420. The second kappa shape index (κ2) is 4.05. The average Bonchev–Trinajstić information content (AvgIpc) is 2.95. The number of alkyl halides is 2. The van der Waals surface area contributed by atoms with Gasteiger partial charge in [-0.25, -0.2) is 17.2 Å². The van der Waals surface area contributed by atoms with E-state index in [1.165, 1.54) is 13.8 Å². The van der Waals surface area contributed by atoms with Crippen molar-refractivity contribution in [1.29, 1.82) is 0 Å². The van der Waals surface area contributed by atoms with Gasteiger partial charge in [-0.05, 0) is 37.3 Å². The molecule has 2 nitrogen and oxygen atoms in total. The Hall–Kier alpha value is -1.23. The number of halogens is 2. The van der Waals surface area contributed by atoms with Crippen LogP contribution in [0.2, 0.25) is 0 Å². The molecule has 0 radical (unpaired) electrons. The zero-order valence-corrected chi connectivity index (χ0v) is 14.2. The fourth-order valence-corrected chi connectivity index (χ4v) is 7.83. The van der Waals surface area contributed by atoms with E-state index >= 15 is 0 Å². The van der Waals surface area contributed by atoms with E-state index in [0.29, 0.717) is 6.42 Å². The van der Waals surface area contributed by atoms with Crippen LogP contribution in [0.15, 0.2) is 41.3 Å². The summed E-state index contributed by atoms with van der Waals surface area (Å²) in [5.41, 5.74) is -1.79. The first-order valence-electron chi connectivity index (χ1n) is 7.95. The van der Waals surface area contributed by atoms with Gasteiger partial charge in [0.2, 0.25) is 0 Å². The average molecular weight is 338 g/mol. The summed E-state index contributed by atoms with van der Waals surface area (Å²) in [7, 11) is -3.80. The fourth-order valence-electron chi connectivity index (χ4n) is 5.25. The van der Waals surface area contributed by atoms with Gasteiger partial charge in [0.25, 0.3) is 5.92 Å². The van der Waals surface area contributed by atoms with Crippen molar-refractivity contribution in [2.75, 3.05) is 0 Å². The van der Waals surface area contributed by atoms with E-state index in [4.69, 9.17) is 0 Å². The van der Waals surface area contributed by atoms with Crippen molar-refractivity contribution in [2.45, 2.75) is 43.3 Å². The van der Waals surface area contributed by atoms with E-state index in [1.807, 2.05) is 19.1 Å². The van der Waals surface area contributed by atoms with Gasteiger partial charge in [-0.15, -0.1) is 0 Å².